The van der Waals surface area contributed by atoms with Crippen molar-refractivity contribution < 1.29 is 25.3 Å². The highest BCUT2D eigenvalue weighted by atomic mass is 16.9. The van der Waals surface area contributed by atoms with Crippen molar-refractivity contribution in [3.63, 3.8) is 0 Å². The van der Waals surface area contributed by atoms with Crippen LogP contribution in [0.2, 0.25) is 0 Å². The molecule has 0 aromatic rings. The van der Waals surface area contributed by atoms with E-state index in [0.717, 1.165) is 19.3 Å². The van der Waals surface area contributed by atoms with E-state index in [-0.39, 0.29) is 18.6 Å². The molecule has 0 aliphatic carbocycles. The Morgan fingerprint density at radius 2 is 1.19 bits per heavy atom. The Hall–Kier alpha value is -1.45. The van der Waals surface area contributed by atoms with Crippen LogP contribution in [0.3, 0.4) is 0 Å². The summed E-state index contributed by atoms with van der Waals surface area (Å²) in [4.78, 5) is 20.3. The van der Waals surface area contributed by atoms with Crippen molar-refractivity contribution in [2.24, 2.45) is 0 Å². The zero-order valence-electron chi connectivity index (χ0n) is 20.4. The quantitative estimate of drug-likeness (QED) is 0.0720. The minimum absolute atomic E-state index is 0.0430. The number of aliphatic hydroxyl groups excluding tert-OH is 1. The van der Waals surface area contributed by atoms with E-state index in [1.807, 2.05) is 6.92 Å². The SMILES string of the molecule is CCCCCCCCCCCCCCCCCC(=O)NC(CC)NCC(O)O.O=[N+]([O-])O. The molecule has 0 fully saturated rings. The van der Waals surface area contributed by atoms with Gasteiger partial charge in [0.15, 0.2) is 6.29 Å². The normalized spacial score (nSPS) is 11.7. The van der Waals surface area contributed by atoms with E-state index in [2.05, 4.69) is 17.6 Å². The Kier molecular flexibility index (Phi) is 26.4. The summed E-state index contributed by atoms with van der Waals surface area (Å²) in [7, 11) is 0. The molecule has 0 aromatic carbocycles. The third-order valence-electron chi connectivity index (χ3n) is 5.30. The van der Waals surface area contributed by atoms with Gasteiger partial charge in [-0.05, 0) is 12.8 Å². The first-order valence-corrected chi connectivity index (χ1v) is 12.6. The molecular formula is C23H49N3O6. The van der Waals surface area contributed by atoms with Crippen molar-refractivity contribution >= 4 is 5.91 Å². The number of hydrogen-bond donors (Lipinski definition) is 5. The fraction of sp³-hybridized carbons (Fsp3) is 0.957. The number of hydrogen-bond acceptors (Lipinski definition) is 6. The molecule has 0 saturated heterocycles. The molecule has 0 aromatic heterocycles. The van der Waals surface area contributed by atoms with Crippen molar-refractivity contribution in [2.45, 2.75) is 135 Å². The molecule has 0 aliphatic rings. The first kappa shape index (κ1) is 32.7. The second-order valence-electron chi connectivity index (χ2n) is 8.35. The summed E-state index contributed by atoms with van der Waals surface area (Å²) in [6.45, 7) is 4.29. The minimum Gasteiger partial charge on any atom is -0.367 e. The van der Waals surface area contributed by atoms with E-state index >= 15 is 0 Å². The smallest absolute Gasteiger partial charge is 0.291 e. The summed E-state index contributed by atoms with van der Waals surface area (Å²) in [6, 6.07) is 0. The Morgan fingerprint density at radius 1 is 0.812 bits per heavy atom. The van der Waals surface area contributed by atoms with Crippen LogP contribution in [-0.4, -0.2) is 45.4 Å². The molecule has 32 heavy (non-hydrogen) atoms. The first-order valence-electron chi connectivity index (χ1n) is 12.6. The zero-order chi connectivity index (χ0) is 24.5. The van der Waals surface area contributed by atoms with E-state index in [0.29, 0.717) is 6.42 Å². The maximum atomic E-state index is 11.9. The van der Waals surface area contributed by atoms with Gasteiger partial charge in [-0.15, -0.1) is 10.1 Å². The van der Waals surface area contributed by atoms with E-state index < -0.39 is 11.4 Å². The first-order chi connectivity index (χ1) is 15.3. The number of rotatable bonds is 21. The van der Waals surface area contributed by atoms with Crippen LogP contribution in [-0.2, 0) is 4.79 Å². The molecule has 9 heteroatoms. The van der Waals surface area contributed by atoms with Gasteiger partial charge >= 0.3 is 0 Å². The monoisotopic (exact) mass is 463 g/mol. The van der Waals surface area contributed by atoms with Crippen LogP contribution in [0.25, 0.3) is 0 Å². The third kappa shape index (κ3) is 30.7. The van der Waals surface area contributed by atoms with Crippen LogP contribution in [0.5, 0.6) is 0 Å². The summed E-state index contributed by atoms with van der Waals surface area (Å²) < 4.78 is 0. The number of unbranched alkanes of at least 4 members (excludes halogenated alkanes) is 14. The van der Waals surface area contributed by atoms with Crippen molar-refractivity contribution in [1.29, 1.82) is 0 Å². The Labute approximate surface area is 194 Å². The summed E-state index contributed by atoms with van der Waals surface area (Å²) >= 11 is 0. The second kappa shape index (κ2) is 25.8. The van der Waals surface area contributed by atoms with Crippen LogP contribution >= 0.6 is 0 Å². The minimum atomic E-state index is -1.50. The van der Waals surface area contributed by atoms with Crippen LogP contribution in [0.4, 0.5) is 0 Å². The molecule has 9 nitrogen and oxygen atoms in total. The van der Waals surface area contributed by atoms with Gasteiger partial charge in [0.2, 0.25) is 5.91 Å². The highest BCUT2D eigenvalue weighted by molar-refractivity contribution is 5.76. The molecule has 0 spiro atoms. The molecule has 0 bridgehead atoms. The van der Waals surface area contributed by atoms with Crippen molar-refractivity contribution in [3.8, 4) is 0 Å². The fourth-order valence-electron chi connectivity index (χ4n) is 3.47. The molecule has 0 radical (unpaired) electrons. The van der Waals surface area contributed by atoms with Gasteiger partial charge in [0.1, 0.15) is 0 Å². The molecule has 0 aliphatic heterocycles. The highest BCUT2D eigenvalue weighted by Crippen LogP contribution is 2.13. The maximum Gasteiger partial charge on any atom is 0.291 e. The number of carbonyl (C=O) groups excluding carboxylic acids is 1. The maximum absolute atomic E-state index is 11.9. The lowest BCUT2D eigenvalue weighted by Gasteiger charge is -2.19. The molecule has 0 rings (SSSR count). The summed E-state index contributed by atoms with van der Waals surface area (Å²) in [5.41, 5.74) is 0. The predicted octanol–water partition coefficient (Wildman–Crippen LogP) is 4.65. The molecule has 192 valence electrons. The van der Waals surface area contributed by atoms with E-state index in [1.165, 1.54) is 83.5 Å². The lowest BCUT2D eigenvalue weighted by molar-refractivity contribution is -0.742. The van der Waals surface area contributed by atoms with Gasteiger partial charge in [0.05, 0.1) is 6.17 Å². The van der Waals surface area contributed by atoms with Crippen molar-refractivity contribution in [3.05, 3.63) is 10.1 Å². The Morgan fingerprint density at radius 3 is 1.53 bits per heavy atom. The number of carbonyl (C=O) groups is 1. The summed E-state index contributed by atoms with van der Waals surface area (Å²) in [5.74, 6) is 0.0430. The van der Waals surface area contributed by atoms with Crippen LogP contribution in [0.1, 0.15) is 123 Å². The number of nitrogens with zero attached hydrogens (tertiary/aromatic N) is 1. The molecule has 0 heterocycles. The molecule has 1 atom stereocenters. The summed E-state index contributed by atoms with van der Waals surface area (Å²) in [5, 5.41) is 37.2. The summed E-state index contributed by atoms with van der Waals surface area (Å²) in [6.07, 6.45) is 19.5. The van der Waals surface area contributed by atoms with E-state index in [4.69, 9.17) is 25.5 Å². The topological polar surface area (TPSA) is 145 Å². The van der Waals surface area contributed by atoms with Gasteiger partial charge in [0, 0.05) is 13.0 Å². The third-order valence-corrected chi connectivity index (χ3v) is 5.30. The largest absolute Gasteiger partial charge is 0.367 e. The lowest BCUT2D eigenvalue weighted by Crippen LogP contribution is -2.47. The molecule has 1 unspecified atom stereocenters. The standard InChI is InChI=1S/C23H48N2O3.HNO3/c1-3-5-6-7-8-9-10-11-12-13-14-15-16-17-18-19-22(26)25-21(4-2)24-20-23(27)28;2-1(3)4/h21,23-24,27-28H,3-20H2,1-2H3,(H,25,26);(H,2,3,4). The molecule has 1 amide bonds. The Balaban J connectivity index is 0. The number of nitrogens with one attached hydrogen (secondary N) is 2. The lowest BCUT2D eigenvalue weighted by atomic mass is 10.0. The Bertz CT molecular complexity index is 421. The average Bonchev–Trinajstić information content (AvgIpc) is 2.73. The van der Waals surface area contributed by atoms with Gasteiger partial charge in [-0.25, -0.2) is 0 Å². The van der Waals surface area contributed by atoms with E-state index in [1.54, 1.807) is 0 Å². The van der Waals surface area contributed by atoms with Gasteiger partial charge < -0.3 is 20.7 Å². The van der Waals surface area contributed by atoms with E-state index in [9.17, 15) is 4.79 Å². The number of amides is 1. The van der Waals surface area contributed by atoms with Gasteiger partial charge in [-0.3, -0.25) is 10.1 Å². The molecule has 0 saturated carbocycles. The molecular weight excluding hydrogens is 414 g/mol. The zero-order valence-corrected chi connectivity index (χ0v) is 20.4. The van der Waals surface area contributed by atoms with Crippen LogP contribution in [0, 0.1) is 10.1 Å². The molecule has 5 N–H and O–H groups in total. The van der Waals surface area contributed by atoms with Gasteiger partial charge in [0.25, 0.3) is 5.09 Å². The van der Waals surface area contributed by atoms with Crippen LogP contribution in [0.15, 0.2) is 0 Å². The van der Waals surface area contributed by atoms with Crippen LogP contribution < -0.4 is 10.6 Å². The van der Waals surface area contributed by atoms with Gasteiger partial charge in [-0.1, -0.05) is 104 Å². The average molecular weight is 464 g/mol. The van der Waals surface area contributed by atoms with Crippen molar-refractivity contribution in [1.82, 2.24) is 10.6 Å². The highest BCUT2D eigenvalue weighted by Gasteiger charge is 2.10. The fourth-order valence-corrected chi connectivity index (χ4v) is 3.47. The number of aliphatic hydroxyl groups is 2. The van der Waals surface area contributed by atoms with Crippen molar-refractivity contribution in [2.75, 3.05) is 6.54 Å². The van der Waals surface area contributed by atoms with Gasteiger partial charge in [-0.2, -0.15) is 0 Å². The predicted molar refractivity (Wildman–Crippen MR) is 127 cm³/mol. The second-order valence-corrected chi connectivity index (χ2v) is 8.35.